The largest absolute Gasteiger partial charge is 0.376 e. The molecule has 0 spiro atoms. The Kier molecular flexibility index (Phi) is 7.54. The molecule has 4 rings (SSSR count). The lowest BCUT2D eigenvalue weighted by atomic mass is 10.2. The molecule has 7 heteroatoms. The summed E-state index contributed by atoms with van der Waals surface area (Å²) < 4.78 is 6.76. The van der Waals surface area contributed by atoms with Crippen LogP contribution in [0.3, 0.4) is 0 Å². The van der Waals surface area contributed by atoms with Gasteiger partial charge in [0.05, 0.1) is 27.9 Å². The zero-order valence-corrected chi connectivity index (χ0v) is 20.3. The zero-order valence-electron chi connectivity index (χ0n) is 17.9. The summed E-state index contributed by atoms with van der Waals surface area (Å²) in [5.41, 5.74) is 3.21. The fourth-order valence-corrected chi connectivity index (χ4v) is 5.86. The lowest BCUT2D eigenvalue weighted by Crippen LogP contribution is -2.37. The molecule has 1 unspecified atom stereocenters. The average Bonchev–Trinajstić information content (AvgIpc) is 3.44. The smallest absolute Gasteiger partial charge is 0.228 e. The number of aromatic nitrogens is 1. The van der Waals surface area contributed by atoms with E-state index in [0.717, 1.165) is 52.5 Å². The number of benzene rings is 2. The SMILES string of the molecule is Cc1ccc(SCCCC(=O)N(CC2CCCO2)c2nc3c(C)ccc(Cl)c3s2)cc1. The van der Waals surface area contributed by atoms with Gasteiger partial charge in [0.15, 0.2) is 5.13 Å². The Bertz CT molecular complexity index is 1010. The maximum atomic E-state index is 13.2. The number of thiazole rings is 1. The fourth-order valence-electron chi connectivity index (χ4n) is 3.67. The van der Waals surface area contributed by atoms with Crippen molar-refractivity contribution in [3.8, 4) is 0 Å². The summed E-state index contributed by atoms with van der Waals surface area (Å²) in [6.07, 6.45) is 3.43. The first-order valence-corrected chi connectivity index (χ1v) is 12.9. The van der Waals surface area contributed by atoms with Crippen LogP contribution in [0.1, 0.15) is 36.8 Å². The number of thioether (sulfide) groups is 1. The molecule has 31 heavy (non-hydrogen) atoms. The second kappa shape index (κ2) is 10.3. The first-order valence-electron chi connectivity index (χ1n) is 10.7. The van der Waals surface area contributed by atoms with E-state index in [4.69, 9.17) is 21.3 Å². The molecule has 1 aliphatic heterocycles. The van der Waals surface area contributed by atoms with Gasteiger partial charge in [-0.25, -0.2) is 4.98 Å². The second-order valence-electron chi connectivity index (χ2n) is 7.94. The molecule has 2 heterocycles. The highest BCUT2D eigenvalue weighted by atomic mass is 35.5. The molecule has 1 saturated heterocycles. The maximum Gasteiger partial charge on any atom is 0.228 e. The van der Waals surface area contributed by atoms with Gasteiger partial charge in [-0.1, -0.05) is 46.7 Å². The van der Waals surface area contributed by atoms with Crippen LogP contribution < -0.4 is 4.90 Å². The minimum absolute atomic E-state index is 0.0782. The Labute approximate surface area is 196 Å². The first kappa shape index (κ1) is 22.6. The van der Waals surface area contributed by atoms with Gasteiger partial charge in [-0.15, -0.1) is 11.8 Å². The van der Waals surface area contributed by atoms with E-state index in [-0.39, 0.29) is 12.0 Å². The second-order valence-corrected chi connectivity index (χ2v) is 10.5. The third-order valence-corrected chi connectivity index (χ3v) is 8.09. The number of hydrogen-bond acceptors (Lipinski definition) is 5. The number of ether oxygens (including phenoxy) is 1. The van der Waals surface area contributed by atoms with Crippen molar-refractivity contribution in [1.29, 1.82) is 0 Å². The van der Waals surface area contributed by atoms with Gasteiger partial charge < -0.3 is 4.74 Å². The molecule has 1 aliphatic rings. The number of aryl methyl sites for hydroxylation is 2. The molecule has 0 radical (unpaired) electrons. The molecule has 2 aromatic carbocycles. The van der Waals surface area contributed by atoms with Crippen LogP contribution in [0, 0.1) is 13.8 Å². The predicted molar refractivity (Wildman–Crippen MR) is 132 cm³/mol. The third kappa shape index (κ3) is 5.61. The van der Waals surface area contributed by atoms with Crippen LogP contribution in [0.5, 0.6) is 0 Å². The molecule has 0 bridgehead atoms. The summed E-state index contributed by atoms with van der Waals surface area (Å²) >= 11 is 9.70. The maximum absolute atomic E-state index is 13.2. The molecule has 1 amide bonds. The first-order chi connectivity index (χ1) is 15.0. The highest BCUT2D eigenvalue weighted by Gasteiger charge is 2.26. The molecule has 164 valence electrons. The molecule has 0 saturated carbocycles. The topological polar surface area (TPSA) is 42.4 Å². The van der Waals surface area contributed by atoms with Gasteiger partial charge >= 0.3 is 0 Å². The van der Waals surface area contributed by atoms with Crippen molar-refractivity contribution >= 4 is 56.0 Å². The van der Waals surface area contributed by atoms with Crippen molar-refractivity contribution < 1.29 is 9.53 Å². The monoisotopic (exact) mass is 474 g/mol. The lowest BCUT2D eigenvalue weighted by Gasteiger charge is -2.23. The lowest BCUT2D eigenvalue weighted by molar-refractivity contribution is -0.119. The quantitative estimate of drug-likeness (QED) is 0.270. The molecular formula is C24H27ClN2O2S2. The van der Waals surface area contributed by atoms with Gasteiger partial charge in [0.2, 0.25) is 5.91 Å². The summed E-state index contributed by atoms with van der Waals surface area (Å²) in [6, 6.07) is 12.4. The predicted octanol–water partition coefficient (Wildman–Crippen LogP) is 6.65. The van der Waals surface area contributed by atoms with Crippen LogP contribution in [-0.2, 0) is 9.53 Å². The Morgan fingerprint density at radius 1 is 1.26 bits per heavy atom. The van der Waals surface area contributed by atoms with Crippen molar-refractivity contribution in [2.75, 3.05) is 23.8 Å². The van der Waals surface area contributed by atoms with E-state index in [2.05, 4.69) is 31.2 Å². The van der Waals surface area contributed by atoms with E-state index < -0.39 is 0 Å². The number of amides is 1. The van der Waals surface area contributed by atoms with E-state index >= 15 is 0 Å². The van der Waals surface area contributed by atoms with E-state index in [9.17, 15) is 4.79 Å². The van der Waals surface area contributed by atoms with Crippen molar-refractivity contribution in [1.82, 2.24) is 4.98 Å². The van der Waals surface area contributed by atoms with E-state index in [0.29, 0.717) is 18.0 Å². The Morgan fingerprint density at radius 2 is 2.06 bits per heavy atom. The Morgan fingerprint density at radius 3 is 2.77 bits per heavy atom. The third-order valence-electron chi connectivity index (χ3n) is 5.45. The standard InChI is InChI=1S/C24H27ClN2O2S2/c1-16-7-10-19(11-8-16)30-14-4-6-21(28)27(15-18-5-3-13-29-18)24-26-22-17(2)9-12-20(25)23(22)31-24/h7-12,18H,3-6,13-15H2,1-2H3. The summed E-state index contributed by atoms with van der Waals surface area (Å²) in [5, 5.41) is 1.40. The van der Waals surface area contributed by atoms with Crippen molar-refractivity contribution in [2.45, 2.75) is 50.5 Å². The van der Waals surface area contributed by atoms with E-state index in [1.54, 1.807) is 11.8 Å². The number of halogens is 1. The summed E-state index contributed by atoms with van der Waals surface area (Å²) in [6.45, 7) is 5.44. The molecular weight excluding hydrogens is 448 g/mol. The molecule has 0 N–H and O–H groups in total. The van der Waals surface area contributed by atoms with Crippen molar-refractivity contribution in [3.63, 3.8) is 0 Å². The van der Waals surface area contributed by atoms with Crippen LogP contribution in [0.4, 0.5) is 5.13 Å². The van der Waals surface area contributed by atoms with Gasteiger partial charge in [0, 0.05) is 17.9 Å². The van der Waals surface area contributed by atoms with Gasteiger partial charge in [-0.05, 0) is 62.6 Å². The summed E-state index contributed by atoms with van der Waals surface area (Å²) in [7, 11) is 0. The number of fused-ring (bicyclic) bond motifs is 1. The van der Waals surface area contributed by atoms with Crippen molar-refractivity contribution in [2.24, 2.45) is 0 Å². The number of anilines is 1. The van der Waals surface area contributed by atoms with Crippen molar-refractivity contribution in [3.05, 3.63) is 52.5 Å². The van der Waals surface area contributed by atoms with Crippen LogP contribution in [-0.4, -0.2) is 35.9 Å². The van der Waals surface area contributed by atoms with Gasteiger partial charge in [-0.2, -0.15) is 0 Å². The van der Waals surface area contributed by atoms with Crippen LogP contribution >= 0.6 is 34.7 Å². The molecule has 1 aromatic heterocycles. The summed E-state index contributed by atoms with van der Waals surface area (Å²) in [4.78, 5) is 21.1. The number of hydrogen-bond donors (Lipinski definition) is 0. The highest BCUT2D eigenvalue weighted by molar-refractivity contribution is 7.99. The number of nitrogens with zero attached hydrogens (tertiary/aromatic N) is 2. The Hall–Kier alpha value is -1.60. The molecule has 0 aliphatic carbocycles. The number of carbonyl (C=O) groups is 1. The van der Waals surface area contributed by atoms with Gasteiger partial charge in [0.25, 0.3) is 0 Å². The normalized spacial score (nSPS) is 16.2. The molecule has 1 fully saturated rings. The van der Waals surface area contributed by atoms with Gasteiger partial charge in [0.1, 0.15) is 0 Å². The number of carbonyl (C=O) groups excluding carboxylic acids is 1. The van der Waals surface area contributed by atoms with Crippen LogP contribution in [0.25, 0.3) is 10.2 Å². The van der Waals surface area contributed by atoms with E-state index in [1.807, 2.05) is 24.0 Å². The minimum Gasteiger partial charge on any atom is -0.376 e. The minimum atomic E-state index is 0.0782. The molecule has 1 atom stereocenters. The Balaban J connectivity index is 1.45. The van der Waals surface area contributed by atoms with E-state index in [1.165, 1.54) is 21.8 Å². The van der Waals surface area contributed by atoms with Crippen LogP contribution in [0.2, 0.25) is 5.02 Å². The van der Waals surface area contributed by atoms with Gasteiger partial charge in [-0.3, -0.25) is 9.69 Å². The fraction of sp³-hybridized carbons (Fsp3) is 0.417. The average molecular weight is 475 g/mol. The molecule has 4 nitrogen and oxygen atoms in total. The highest BCUT2D eigenvalue weighted by Crippen LogP contribution is 2.36. The summed E-state index contributed by atoms with van der Waals surface area (Å²) in [5.74, 6) is 1.01. The van der Waals surface area contributed by atoms with Crippen LogP contribution in [0.15, 0.2) is 41.3 Å². The zero-order chi connectivity index (χ0) is 21.8. The number of rotatable bonds is 8. The molecule has 3 aromatic rings.